The van der Waals surface area contributed by atoms with Crippen molar-refractivity contribution in [2.24, 2.45) is 17.8 Å². The van der Waals surface area contributed by atoms with E-state index < -0.39 is 0 Å². The number of allylic oxidation sites excluding steroid dienone is 1. The highest BCUT2D eigenvalue weighted by Crippen LogP contribution is 2.32. The molecular formula is C21H38O. The first kappa shape index (κ1) is 18.0. The maximum Gasteiger partial charge on any atom is 0.0651 e. The molecule has 0 heterocycles. The number of rotatable bonds is 8. The van der Waals surface area contributed by atoms with Crippen molar-refractivity contribution in [1.82, 2.24) is 0 Å². The molecule has 2 aliphatic carbocycles. The van der Waals surface area contributed by atoms with Crippen molar-refractivity contribution in [2.45, 2.75) is 97.0 Å². The van der Waals surface area contributed by atoms with Crippen molar-refractivity contribution in [3.63, 3.8) is 0 Å². The summed E-state index contributed by atoms with van der Waals surface area (Å²) in [5.41, 5.74) is 0. The molecule has 128 valence electrons. The predicted octanol–water partition coefficient (Wildman–Crippen LogP) is 6.52. The molecule has 1 heteroatoms. The predicted molar refractivity (Wildman–Crippen MR) is 96.1 cm³/mol. The molecule has 2 fully saturated rings. The lowest BCUT2D eigenvalue weighted by Crippen LogP contribution is -2.21. The third-order valence-corrected chi connectivity index (χ3v) is 5.92. The Hall–Kier alpha value is -0.300. The lowest BCUT2D eigenvalue weighted by atomic mass is 9.80. The molecule has 22 heavy (non-hydrogen) atoms. The van der Waals surface area contributed by atoms with Crippen molar-refractivity contribution >= 4 is 0 Å². The van der Waals surface area contributed by atoms with Gasteiger partial charge in [-0.15, -0.1) is 0 Å². The first-order valence-electron chi connectivity index (χ1n) is 10.1. The monoisotopic (exact) mass is 306 g/mol. The molecule has 0 N–H and O–H groups in total. The van der Waals surface area contributed by atoms with Crippen LogP contribution >= 0.6 is 0 Å². The van der Waals surface area contributed by atoms with Crippen molar-refractivity contribution in [3.05, 3.63) is 12.2 Å². The van der Waals surface area contributed by atoms with Gasteiger partial charge < -0.3 is 4.74 Å². The number of hydrogen-bond acceptors (Lipinski definition) is 1. The highest BCUT2D eigenvalue weighted by atomic mass is 16.5. The van der Waals surface area contributed by atoms with Crippen molar-refractivity contribution < 1.29 is 4.74 Å². The molecule has 0 radical (unpaired) electrons. The van der Waals surface area contributed by atoms with Gasteiger partial charge in [-0.1, -0.05) is 51.7 Å². The maximum absolute atomic E-state index is 6.07. The first-order chi connectivity index (χ1) is 10.8. The van der Waals surface area contributed by atoms with E-state index in [0.717, 1.165) is 24.4 Å². The summed E-state index contributed by atoms with van der Waals surface area (Å²) in [5.74, 6) is 2.83. The van der Waals surface area contributed by atoms with Crippen LogP contribution in [0, 0.1) is 17.8 Å². The molecule has 2 rings (SSSR count). The summed E-state index contributed by atoms with van der Waals surface area (Å²) in [6.07, 6.45) is 22.0. The van der Waals surface area contributed by atoms with Crippen LogP contribution in [0.1, 0.15) is 90.9 Å². The molecule has 0 aromatic rings. The standard InChI is InChI=1S/C21H38O/c1-3-6-18-9-11-20(12-10-18)8-5-17-22-21-15-13-19(7-4-2)14-16-21/h5,8,18-21H,3-4,6-7,9-17H2,1-2H3. The Morgan fingerprint density at radius 1 is 0.773 bits per heavy atom. The first-order valence-corrected chi connectivity index (χ1v) is 10.1. The minimum absolute atomic E-state index is 0.540. The fourth-order valence-electron chi connectivity index (χ4n) is 4.51. The second-order valence-electron chi connectivity index (χ2n) is 7.76. The van der Waals surface area contributed by atoms with Gasteiger partial charge in [0.2, 0.25) is 0 Å². The quantitative estimate of drug-likeness (QED) is 0.463. The van der Waals surface area contributed by atoms with E-state index in [1.807, 2.05) is 0 Å². The van der Waals surface area contributed by atoms with Gasteiger partial charge in [0.25, 0.3) is 0 Å². The van der Waals surface area contributed by atoms with Gasteiger partial charge in [-0.25, -0.2) is 0 Å². The molecule has 0 amide bonds. The van der Waals surface area contributed by atoms with Crippen LogP contribution in [0.2, 0.25) is 0 Å². The number of hydrogen-bond donors (Lipinski definition) is 0. The van der Waals surface area contributed by atoms with Gasteiger partial charge in [-0.3, -0.25) is 0 Å². The fourth-order valence-corrected chi connectivity index (χ4v) is 4.51. The van der Waals surface area contributed by atoms with Gasteiger partial charge in [0.15, 0.2) is 0 Å². The van der Waals surface area contributed by atoms with E-state index in [-0.39, 0.29) is 0 Å². The molecule has 0 atom stereocenters. The summed E-state index contributed by atoms with van der Waals surface area (Å²) in [4.78, 5) is 0. The minimum Gasteiger partial charge on any atom is -0.374 e. The molecule has 0 spiro atoms. The van der Waals surface area contributed by atoms with Crippen LogP contribution in [0.4, 0.5) is 0 Å². The highest BCUT2D eigenvalue weighted by Gasteiger charge is 2.21. The van der Waals surface area contributed by atoms with Crippen LogP contribution in [0.3, 0.4) is 0 Å². The van der Waals surface area contributed by atoms with E-state index >= 15 is 0 Å². The largest absolute Gasteiger partial charge is 0.374 e. The molecule has 1 nitrogen and oxygen atoms in total. The van der Waals surface area contributed by atoms with Crippen LogP contribution < -0.4 is 0 Å². The molecule has 0 aromatic carbocycles. The molecule has 2 aliphatic rings. The molecular weight excluding hydrogens is 268 g/mol. The SMILES string of the molecule is CCCC1CCC(C=CCOC2CCC(CCC)CC2)CC1. The molecule has 0 saturated heterocycles. The van der Waals surface area contributed by atoms with E-state index in [0.29, 0.717) is 6.10 Å². The summed E-state index contributed by atoms with van der Waals surface area (Å²) in [6.45, 7) is 5.47. The second kappa shape index (κ2) is 10.5. The zero-order chi connectivity index (χ0) is 15.6. The average molecular weight is 307 g/mol. The van der Waals surface area contributed by atoms with Gasteiger partial charge in [0.05, 0.1) is 12.7 Å². The van der Waals surface area contributed by atoms with Crippen molar-refractivity contribution in [3.8, 4) is 0 Å². The Bertz CT molecular complexity index is 293. The summed E-state index contributed by atoms with van der Waals surface area (Å²) >= 11 is 0. The van der Waals surface area contributed by atoms with Crippen LogP contribution in [-0.4, -0.2) is 12.7 Å². The smallest absolute Gasteiger partial charge is 0.0651 e. The Morgan fingerprint density at radius 3 is 1.86 bits per heavy atom. The van der Waals surface area contributed by atoms with Gasteiger partial charge in [0.1, 0.15) is 0 Å². The lowest BCUT2D eigenvalue weighted by Gasteiger charge is -2.28. The molecule has 2 saturated carbocycles. The van der Waals surface area contributed by atoms with E-state index in [4.69, 9.17) is 4.74 Å². The summed E-state index contributed by atoms with van der Waals surface area (Å²) in [5, 5.41) is 0. The average Bonchev–Trinajstić information content (AvgIpc) is 2.55. The Balaban J connectivity index is 1.54. The third-order valence-electron chi connectivity index (χ3n) is 5.92. The zero-order valence-electron chi connectivity index (χ0n) is 15.1. The zero-order valence-corrected chi connectivity index (χ0v) is 15.1. The Labute approximate surface area is 138 Å². The van der Waals surface area contributed by atoms with E-state index in [2.05, 4.69) is 26.0 Å². The van der Waals surface area contributed by atoms with Crippen molar-refractivity contribution in [1.29, 1.82) is 0 Å². The Morgan fingerprint density at radius 2 is 1.32 bits per heavy atom. The van der Waals surface area contributed by atoms with Gasteiger partial charge in [0, 0.05) is 0 Å². The topological polar surface area (TPSA) is 9.23 Å². The minimum atomic E-state index is 0.540. The number of ether oxygens (including phenoxy) is 1. The van der Waals surface area contributed by atoms with Gasteiger partial charge in [-0.05, 0) is 69.1 Å². The van der Waals surface area contributed by atoms with Gasteiger partial charge in [-0.2, -0.15) is 0 Å². The van der Waals surface area contributed by atoms with E-state index in [9.17, 15) is 0 Å². The molecule has 0 aliphatic heterocycles. The van der Waals surface area contributed by atoms with Crippen LogP contribution in [0.25, 0.3) is 0 Å². The molecule has 0 aromatic heterocycles. The third kappa shape index (κ3) is 6.44. The van der Waals surface area contributed by atoms with Crippen LogP contribution in [0.5, 0.6) is 0 Å². The summed E-state index contributed by atoms with van der Waals surface area (Å²) in [7, 11) is 0. The van der Waals surface area contributed by atoms with Crippen LogP contribution in [-0.2, 0) is 4.74 Å². The van der Waals surface area contributed by atoms with Gasteiger partial charge >= 0.3 is 0 Å². The fraction of sp³-hybridized carbons (Fsp3) is 0.905. The highest BCUT2D eigenvalue weighted by molar-refractivity contribution is 4.91. The lowest BCUT2D eigenvalue weighted by molar-refractivity contribution is 0.0333. The second-order valence-corrected chi connectivity index (χ2v) is 7.76. The summed E-state index contributed by atoms with van der Waals surface area (Å²) < 4.78 is 6.07. The van der Waals surface area contributed by atoms with Crippen LogP contribution in [0.15, 0.2) is 12.2 Å². The van der Waals surface area contributed by atoms with Crippen molar-refractivity contribution in [2.75, 3.05) is 6.61 Å². The maximum atomic E-state index is 6.07. The summed E-state index contributed by atoms with van der Waals surface area (Å²) in [6, 6.07) is 0. The molecule has 0 unspecified atom stereocenters. The van der Waals surface area contributed by atoms with E-state index in [1.54, 1.807) is 0 Å². The normalized spacial score (nSPS) is 33.4. The van der Waals surface area contributed by atoms with E-state index in [1.165, 1.54) is 77.0 Å². The Kier molecular flexibility index (Phi) is 8.59. The molecule has 0 bridgehead atoms.